The molecule has 0 rings (SSSR count). The van der Waals surface area contributed by atoms with Gasteiger partial charge in [0, 0.05) is 11.6 Å². The Kier molecular flexibility index (Phi) is 8.06. The Morgan fingerprint density at radius 1 is 1.06 bits per heavy atom. The topological polar surface area (TPSA) is 15.3 Å². The van der Waals surface area contributed by atoms with Crippen molar-refractivity contribution < 1.29 is 0 Å². The van der Waals surface area contributed by atoms with E-state index in [1.54, 1.807) is 0 Å². The molecule has 17 heavy (non-hydrogen) atoms. The van der Waals surface area contributed by atoms with E-state index in [1.165, 1.54) is 25.7 Å². The van der Waals surface area contributed by atoms with Crippen LogP contribution in [0, 0.1) is 5.92 Å². The summed E-state index contributed by atoms with van der Waals surface area (Å²) in [5.74, 6) is 0.852. The first-order valence-corrected chi connectivity index (χ1v) is 7.36. The first-order chi connectivity index (χ1) is 7.96. The van der Waals surface area contributed by atoms with Gasteiger partial charge in [-0.15, -0.1) is 0 Å². The van der Waals surface area contributed by atoms with Crippen molar-refractivity contribution >= 4 is 0 Å². The Hall–Kier alpha value is -0.0800. The van der Waals surface area contributed by atoms with Gasteiger partial charge in [0.05, 0.1) is 0 Å². The van der Waals surface area contributed by atoms with Gasteiger partial charge in [-0.1, -0.05) is 40.5 Å². The van der Waals surface area contributed by atoms with Gasteiger partial charge in [0.15, 0.2) is 0 Å². The zero-order valence-electron chi connectivity index (χ0n) is 13.1. The van der Waals surface area contributed by atoms with E-state index in [9.17, 15) is 0 Å². The number of hydrogen-bond acceptors (Lipinski definition) is 2. The summed E-state index contributed by atoms with van der Waals surface area (Å²) in [7, 11) is 4.42. The highest BCUT2D eigenvalue weighted by Crippen LogP contribution is 2.27. The molecule has 104 valence electrons. The van der Waals surface area contributed by atoms with Gasteiger partial charge in [-0.05, 0) is 46.3 Å². The summed E-state index contributed by atoms with van der Waals surface area (Å²) in [6, 6.07) is 0.595. The van der Waals surface area contributed by atoms with Crippen molar-refractivity contribution in [1.82, 2.24) is 10.2 Å². The molecule has 0 saturated carbocycles. The number of rotatable bonds is 9. The molecular formula is C15H34N2. The van der Waals surface area contributed by atoms with Crippen LogP contribution in [-0.4, -0.2) is 37.1 Å². The van der Waals surface area contributed by atoms with Crippen LogP contribution in [0.25, 0.3) is 0 Å². The molecule has 0 amide bonds. The quantitative estimate of drug-likeness (QED) is 0.665. The molecule has 0 saturated heterocycles. The fourth-order valence-electron chi connectivity index (χ4n) is 2.63. The first kappa shape index (κ1) is 16.9. The highest BCUT2D eigenvalue weighted by Gasteiger charge is 2.34. The maximum absolute atomic E-state index is 3.71. The maximum atomic E-state index is 3.71. The van der Waals surface area contributed by atoms with Crippen molar-refractivity contribution in [1.29, 1.82) is 0 Å². The van der Waals surface area contributed by atoms with E-state index in [-0.39, 0.29) is 5.54 Å². The van der Waals surface area contributed by atoms with E-state index in [2.05, 4.69) is 58.9 Å². The third kappa shape index (κ3) is 4.59. The molecule has 0 aromatic rings. The minimum absolute atomic E-state index is 0.262. The average molecular weight is 242 g/mol. The normalized spacial score (nSPS) is 17.5. The van der Waals surface area contributed by atoms with Crippen LogP contribution < -0.4 is 5.32 Å². The number of likely N-dealkylation sites (N-methyl/N-ethyl adjacent to an activating group) is 2. The van der Waals surface area contributed by atoms with Crippen LogP contribution >= 0.6 is 0 Å². The third-order valence-corrected chi connectivity index (χ3v) is 4.66. The highest BCUT2D eigenvalue weighted by molar-refractivity contribution is 4.94. The lowest BCUT2D eigenvalue weighted by Crippen LogP contribution is -2.57. The van der Waals surface area contributed by atoms with Crippen molar-refractivity contribution in [2.75, 3.05) is 20.6 Å². The lowest BCUT2D eigenvalue weighted by molar-refractivity contribution is 0.0980. The van der Waals surface area contributed by atoms with Crippen LogP contribution in [0.1, 0.15) is 60.3 Å². The molecule has 1 N–H and O–H groups in total. The number of nitrogens with one attached hydrogen (secondary N) is 1. The van der Waals surface area contributed by atoms with Crippen LogP contribution in [0.4, 0.5) is 0 Å². The van der Waals surface area contributed by atoms with Crippen molar-refractivity contribution in [3.8, 4) is 0 Å². The monoisotopic (exact) mass is 242 g/mol. The Bertz CT molecular complexity index is 187. The summed E-state index contributed by atoms with van der Waals surface area (Å²) in [4.78, 5) is 2.39. The molecule has 2 heteroatoms. The largest absolute Gasteiger partial charge is 0.312 e. The summed E-state index contributed by atoms with van der Waals surface area (Å²) in [5.41, 5.74) is 0.262. The van der Waals surface area contributed by atoms with Gasteiger partial charge in [-0.3, -0.25) is 0 Å². The summed E-state index contributed by atoms with van der Waals surface area (Å²) >= 11 is 0. The average Bonchev–Trinajstić information content (AvgIpc) is 2.33. The van der Waals surface area contributed by atoms with Gasteiger partial charge in [0.25, 0.3) is 0 Å². The van der Waals surface area contributed by atoms with Gasteiger partial charge >= 0.3 is 0 Å². The zero-order valence-corrected chi connectivity index (χ0v) is 13.1. The van der Waals surface area contributed by atoms with E-state index in [4.69, 9.17) is 0 Å². The lowest BCUT2D eigenvalue weighted by Gasteiger charge is -2.44. The molecule has 0 aliphatic carbocycles. The molecule has 0 heterocycles. The molecule has 0 bridgehead atoms. The van der Waals surface area contributed by atoms with Crippen LogP contribution in [0.15, 0.2) is 0 Å². The minimum Gasteiger partial charge on any atom is -0.312 e. The summed E-state index contributed by atoms with van der Waals surface area (Å²) in [6.45, 7) is 12.6. The van der Waals surface area contributed by atoms with E-state index >= 15 is 0 Å². The van der Waals surface area contributed by atoms with Crippen LogP contribution in [0.3, 0.4) is 0 Å². The van der Waals surface area contributed by atoms with Crippen LogP contribution in [0.2, 0.25) is 0 Å². The van der Waals surface area contributed by atoms with Crippen molar-refractivity contribution in [2.45, 2.75) is 71.9 Å². The van der Waals surface area contributed by atoms with Gasteiger partial charge in [-0.25, -0.2) is 0 Å². The zero-order chi connectivity index (χ0) is 13.5. The molecule has 2 nitrogen and oxygen atoms in total. The molecule has 2 atom stereocenters. The molecule has 0 aromatic heterocycles. The van der Waals surface area contributed by atoms with Crippen molar-refractivity contribution in [3.63, 3.8) is 0 Å². The second kappa shape index (κ2) is 8.10. The molecule has 0 spiro atoms. The predicted octanol–water partition coefficient (Wildman–Crippen LogP) is 3.52. The predicted molar refractivity (Wildman–Crippen MR) is 78.5 cm³/mol. The van der Waals surface area contributed by atoms with Gasteiger partial charge in [-0.2, -0.15) is 0 Å². The fraction of sp³-hybridized carbons (Fsp3) is 1.00. The second-order valence-electron chi connectivity index (χ2n) is 5.63. The van der Waals surface area contributed by atoms with Crippen molar-refractivity contribution in [3.05, 3.63) is 0 Å². The SMILES string of the molecule is CCNC(CC(CC)CC)C(C)(CC)N(C)C. The van der Waals surface area contributed by atoms with Gasteiger partial charge in [0.1, 0.15) is 0 Å². The molecule has 0 aromatic carbocycles. The smallest absolute Gasteiger partial charge is 0.0325 e. The Labute approximate surface area is 109 Å². The van der Waals surface area contributed by atoms with Crippen molar-refractivity contribution in [2.24, 2.45) is 5.92 Å². The Morgan fingerprint density at radius 3 is 1.88 bits per heavy atom. The fourth-order valence-corrected chi connectivity index (χ4v) is 2.63. The highest BCUT2D eigenvalue weighted by atomic mass is 15.2. The molecule has 2 unspecified atom stereocenters. The summed E-state index contributed by atoms with van der Waals surface area (Å²) in [5, 5.41) is 3.71. The van der Waals surface area contributed by atoms with Gasteiger partial charge < -0.3 is 10.2 Å². The standard InChI is InChI=1S/C15H34N2/c1-8-13(9-2)12-14(16-11-4)15(5,10-3)17(6)7/h13-14,16H,8-12H2,1-7H3. The number of nitrogens with zero attached hydrogens (tertiary/aromatic N) is 1. The van der Waals surface area contributed by atoms with Crippen LogP contribution in [0.5, 0.6) is 0 Å². The van der Waals surface area contributed by atoms with Gasteiger partial charge in [0.2, 0.25) is 0 Å². The minimum atomic E-state index is 0.262. The van der Waals surface area contributed by atoms with E-state index < -0.39 is 0 Å². The number of hydrogen-bond donors (Lipinski definition) is 1. The van der Waals surface area contributed by atoms with E-state index in [0.717, 1.165) is 12.5 Å². The van der Waals surface area contributed by atoms with E-state index in [0.29, 0.717) is 6.04 Å². The first-order valence-electron chi connectivity index (χ1n) is 7.36. The summed E-state index contributed by atoms with van der Waals surface area (Å²) in [6.07, 6.45) is 5.08. The van der Waals surface area contributed by atoms with Crippen LogP contribution in [-0.2, 0) is 0 Å². The second-order valence-corrected chi connectivity index (χ2v) is 5.63. The lowest BCUT2D eigenvalue weighted by atomic mass is 9.81. The molecule has 0 radical (unpaired) electrons. The van der Waals surface area contributed by atoms with E-state index in [1.807, 2.05) is 0 Å². The molecule has 0 aliphatic rings. The Balaban J connectivity index is 4.80. The molecular weight excluding hydrogens is 208 g/mol. The molecule has 0 fully saturated rings. The summed E-state index contributed by atoms with van der Waals surface area (Å²) < 4.78 is 0. The third-order valence-electron chi connectivity index (χ3n) is 4.66. The Morgan fingerprint density at radius 2 is 1.59 bits per heavy atom. The maximum Gasteiger partial charge on any atom is 0.0325 e. The molecule has 0 aliphatic heterocycles.